The molecule has 0 aromatic carbocycles. The van der Waals surface area contributed by atoms with Gasteiger partial charge in [0.05, 0.1) is 5.69 Å². The van der Waals surface area contributed by atoms with E-state index in [1.807, 2.05) is 0 Å². The van der Waals surface area contributed by atoms with Gasteiger partial charge in [0.15, 0.2) is 0 Å². The molecule has 1 aromatic heterocycles. The minimum absolute atomic E-state index is 0.137. The third-order valence-electron chi connectivity index (χ3n) is 4.55. The summed E-state index contributed by atoms with van der Waals surface area (Å²) in [4.78, 5) is 4.34. The number of hydrogen-bond acceptors (Lipinski definition) is 4. The van der Waals surface area contributed by atoms with Crippen molar-refractivity contribution in [1.29, 1.82) is 0 Å². The van der Waals surface area contributed by atoms with E-state index in [-0.39, 0.29) is 10.3 Å². The van der Waals surface area contributed by atoms with Crippen LogP contribution in [0.25, 0.3) is 0 Å². The molecule has 1 aromatic rings. The summed E-state index contributed by atoms with van der Waals surface area (Å²) in [5, 5.41) is 0. The molecule has 5 nitrogen and oxygen atoms in total. The highest BCUT2D eigenvalue weighted by atomic mass is 32.2. The van der Waals surface area contributed by atoms with E-state index < -0.39 is 10.0 Å². The number of rotatable bonds is 5. The van der Waals surface area contributed by atoms with E-state index in [0.717, 1.165) is 19.3 Å². The zero-order valence-corrected chi connectivity index (χ0v) is 13.0. The van der Waals surface area contributed by atoms with Crippen LogP contribution in [0.2, 0.25) is 0 Å². The Morgan fingerprint density at radius 2 is 2.05 bits per heavy atom. The Labute approximate surface area is 121 Å². The predicted octanol–water partition coefficient (Wildman–Crippen LogP) is 1.74. The number of nitrogens with zero attached hydrogens (tertiary/aromatic N) is 2. The summed E-state index contributed by atoms with van der Waals surface area (Å²) in [6.07, 6.45) is 4.38. The van der Waals surface area contributed by atoms with Crippen LogP contribution in [0.15, 0.2) is 23.2 Å². The van der Waals surface area contributed by atoms with Crippen LogP contribution in [-0.4, -0.2) is 30.8 Å². The molecule has 1 aliphatic heterocycles. The van der Waals surface area contributed by atoms with Crippen LogP contribution < -0.4 is 5.73 Å². The average molecular weight is 297 g/mol. The van der Waals surface area contributed by atoms with Crippen molar-refractivity contribution in [2.45, 2.75) is 44.6 Å². The fourth-order valence-electron chi connectivity index (χ4n) is 2.76. The molecule has 0 aliphatic carbocycles. The van der Waals surface area contributed by atoms with E-state index in [9.17, 15) is 8.42 Å². The Morgan fingerprint density at radius 1 is 1.35 bits per heavy atom. The molecule has 1 fully saturated rings. The fraction of sp³-hybridized carbons (Fsp3) is 0.643. The maximum absolute atomic E-state index is 12.6. The number of pyridine rings is 1. The maximum Gasteiger partial charge on any atom is 0.244 e. The van der Waals surface area contributed by atoms with Crippen molar-refractivity contribution < 1.29 is 8.42 Å². The largest absolute Gasteiger partial charge is 0.325 e. The number of hydrogen-bond donors (Lipinski definition) is 1. The zero-order valence-electron chi connectivity index (χ0n) is 12.2. The molecule has 2 rings (SSSR count). The van der Waals surface area contributed by atoms with Crippen LogP contribution in [0.5, 0.6) is 0 Å². The lowest BCUT2D eigenvalue weighted by molar-refractivity contribution is 0.279. The SMILES string of the molecule is CCC1(CC)CCN(S(=O)(=O)c2ccc(CN)nc2)C1. The second kappa shape index (κ2) is 5.79. The van der Waals surface area contributed by atoms with Crippen LogP contribution in [0, 0.1) is 5.41 Å². The van der Waals surface area contributed by atoms with E-state index in [2.05, 4.69) is 18.8 Å². The summed E-state index contributed by atoms with van der Waals surface area (Å²) in [7, 11) is -3.42. The van der Waals surface area contributed by atoms with Crippen molar-refractivity contribution in [1.82, 2.24) is 9.29 Å². The topological polar surface area (TPSA) is 76.3 Å². The Hall–Kier alpha value is -0.980. The van der Waals surface area contributed by atoms with Gasteiger partial charge in [0.25, 0.3) is 0 Å². The van der Waals surface area contributed by atoms with Gasteiger partial charge in [0, 0.05) is 25.8 Å². The summed E-state index contributed by atoms with van der Waals surface area (Å²) < 4.78 is 26.8. The number of nitrogens with two attached hydrogens (primary N) is 1. The second-order valence-electron chi connectivity index (χ2n) is 5.49. The lowest BCUT2D eigenvalue weighted by Crippen LogP contribution is -2.32. The van der Waals surface area contributed by atoms with Gasteiger partial charge < -0.3 is 5.73 Å². The summed E-state index contributed by atoms with van der Waals surface area (Å²) >= 11 is 0. The molecule has 0 saturated carbocycles. The minimum Gasteiger partial charge on any atom is -0.325 e. The van der Waals surface area contributed by atoms with Gasteiger partial charge in [0.1, 0.15) is 4.90 Å². The molecule has 2 heterocycles. The van der Waals surface area contributed by atoms with Gasteiger partial charge in [-0.2, -0.15) is 4.31 Å². The molecule has 112 valence electrons. The third kappa shape index (κ3) is 2.73. The molecule has 0 unspecified atom stereocenters. The van der Waals surface area contributed by atoms with Gasteiger partial charge in [-0.05, 0) is 36.8 Å². The first-order valence-corrected chi connectivity index (χ1v) is 8.56. The lowest BCUT2D eigenvalue weighted by atomic mass is 9.82. The van der Waals surface area contributed by atoms with Crippen molar-refractivity contribution in [2.75, 3.05) is 13.1 Å². The average Bonchev–Trinajstić information content (AvgIpc) is 2.93. The van der Waals surface area contributed by atoms with Crippen LogP contribution in [0.1, 0.15) is 38.8 Å². The summed E-state index contributed by atoms with van der Waals surface area (Å²) in [6, 6.07) is 3.28. The highest BCUT2D eigenvalue weighted by Gasteiger charge is 2.40. The highest BCUT2D eigenvalue weighted by molar-refractivity contribution is 7.89. The molecule has 0 amide bonds. The van der Waals surface area contributed by atoms with Gasteiger partial charge >= 0.3 is 0 Å². The van der Waals surface area contributed by atoms with E-state index in [1.165, 1.54) is 6.20 Å². The van der Waals surface area contributed by atoms with Gasteiger partial charge in [-0.15, -0.1) is 0 Å². The van der Waals surface area contributed by atoms with Crippen molar-refractivity contribution in [2.24, 2.45) is 11.1 Å². The molecule has 2 N–H and O–H groups in total. The summed E-state index contributed by atoms with van der Waals surface area (Å²) in [5.74, 6) is 0. The molecule has 20 heavy (non-hydrogen) atoms. The maximum atomic E-state index is 12.6. The monoisotopic (exact) mass is 297 g/mol. The molecule has 6 heteroatoms. The van der Waals surface area contributed by atoms with Gasteiger partial charge in [-0.25, -0.2) is 8.42 Å². The van der Waals surface area contributed by atoms with Crippen LogP contribution in [0.4, 0.5) is 0 Å². The van der Waals surface area contributed by atoms with Gasteiger partial charge in [-0.3, -0.25) is 4.98 Å². The Morgan fingerprint density at radius 3 is 2.50 bits per heavy atom. The normalized spacial score (nSPS) is 19.4. The molecule has 0 bridgehead atoms. The van der Waals surface area contributed by atoms with Crippen molar-refractivity contribution in [3.05, 3.63) is 24.0 Å². The van der Waals surface area contributed by atoms with Crippen LogP contribution >= 0.6 is 0 Å². The third-order valence-corrected chi connectivity index (χ3v) is 6.38. The Balaban J connectivity index is 2.23. The van der Waals surface area contributed by atoms with E-state index in [4.69, 9.17) is 5.73 Å². The van der Waals surface area contributed by atoms with Crippen molar-refractivity contribution >= 4 is 10.0 Å². The first-order chi connectivity index (χ1) is 9.47. The molecule has 1 aliphatic rings. The van der Waals surface area contributed by atoms with Crippen LogP contribution in [0.3, 0.4) is 0 Å². The van der Waals surface area contributed by atoms with Gasteiger partial charge in [-0.1, -0.05) is 13.8 Å². The molecule has 1 saturated heterocycles. The summed E-state index contributed by atoms with van der Waals surface area (Å²) in [5.41, 5.74) is 6.31. The number of sulfonamides is 1. The fourth-order valence-corrected chi connectivity index (χ4v) is 4.26. The smallest absolute Gasteiger partial charge is 0.244 e. The standard InChI is InChI=1S/C14H23N3O2S/c1-3-14(4-2)7-8-17(11-14)20(18,19)13-6-5-12(9-15)16-10-13/h5-6,10H,3-4,7-9,11,15H2,1-2H3. The van der Waals surface area contributed by atoms with Crippen LogP contribution in [-0.2, 0) is 16.6 Å². The molecule has 0 atom stereocenters. The Bertz CT molecular complexity index is 550. The van der Waals surface area contributed by atoms with E-state index >= 15 is 0 Å². The molecular weight excluding hydrogens is 274 g/mol. The van der Waals surface area contributed by atoms with Crippen molar-refractivity contribution in [3.8, 4) is 0 Å². The van der Waals surface area contributed by atoms with Gasteiger partial charge in [0.2, 0.25) is 10.0 Å². The van der Waals surface area contributed by atoms with E-state index in [1.54, 1.807) is 16.4 Å². The first kappa shape index (κ1) is 15.4. The van der Waals surface area contributed by atoms with Crippen molar-refractivity contribution in [3.63, 3.8) is 0 Å². The Kier molecular flexibility index (Phi) is 4.46. The summed E-state index contributed by atoms with van der Waals surface area (Å²) in [6.45, 7) is 5.80. The first-order valence-electron chi connectivity index (χ1n) is 7.12. The molecule has 0 spiro atoms. The van der Waals surface area contributed by atoms with E-state index in [0.29, 0.717) is 25.3 Å². The second-order valence-corrected chi connectivity index (χ2v) is 7.42. The minimum atomic E-state index is -3.42. The molecular formula is C14H23N3O2S. The predicted molar refractivity (Wildman–Crippen MR) is 78.5 cm³/mol. The lowest BCUT2D eigenvalue weighted by Gasteiger charge is -2.26. The number of aromatic nitrogens is 1. The highest BCUT2D eigenvalue weighted by Crippen LogP contribution is 2.39. The quantitative estimate of drug-likeness (QED) is 0.898. The molecule has 0 radical (unpaired) electrons. The zero-order chi connectivity index (χ0) is 14.8.